The fraction of sp³-hybridized carbons (Fsp3) is 0.440. The molecule has 0 radical (unpaired) electrons. The number of carboxylic acid groups (broad SMARTS) is 1. The van der Waals surface area contributed by atoms with E-state index < -0.39 is 18.2 Å². The Balaban J connectivity index is 0.000000454. The van der Waals surface area contributed by atoms with E-state index in [1.807, 2.05) is 54.3 Å². The van der Waals surface area contributed by atoms with Gasteiger partial charge in [0.1, 0.15) is 6.10 Å². The summed E-state index contributed by atoms with van der Waals surface area (Å²) < 4.78 is 37.9. The number of likely N-dealkylation sites (tertiary alicyclic amines) is 1. The number of nitrogens with zero attached hydrogens (tertiary/aromatic N) is 3. The van der Waals surface area contributed by atoms with Crippen LogP contribution in [0.25, 0.3) is 0 Å². The highest BCUT2D eigenvalue weighted by molar-refractivity contribution is 5.96. The highest BCUT2D eigenvalue weighted by atomic mass is 19.4. The van der Waals surface area contributed by atoms with E-state index in [-0.39, 0.29) is 24.0 Å². The van der Waals surface area contributed by atoms with E-state index >= 15 is 0 Å². The summed E-state index contributed by atoms with van der Waals surface area (Å²) in [4.78, 5) is 42.7. The van der Waals surface area contributed by atoms with Crippen LogP contribution < -0.4 is 0 Å². The minimum Gasteiger partial charge on any atom is -0.475 e. The molecule has 4 rings (SSSR count). The maximum Gasteiger partial charge on any atom is 0.490 e. The molecule has 0 unspecified atom stereocenters. The lowest BCUT2D eigenvalue weighted by Crippen LogP contribution is -2.49. The zero-order valence-corrected chi connectivity index (χ0v) is 19.9. The van der Waals surface area contributed by atoms with Gasteiger partial charge < -0.3 is 19.6 Å². The summed E-state index contributed by atoms with van der Waals surface area (Å²) >= 11 is 0. The summed E-state index contributed by atoms with van der Waals surface area (Å²) in [5, 5.41) is 7.12. The predicted octanol–water partition coefficient (Wildman–Crippen LogP) is 3.44. The monoisotopic (exact) mass is 507 g/mol. The Hall–Kier alpha value is -3.47. The Morgan fingerprint density at radius 3 is 2.39 bits per heavy atom. The van der Waals surface area contributed by atoms with Crippen molar-refractivity contribution in [3.05, 3.63) is 65.5 Å². The van der Waals surface area contributed by atoms with Gasteiger partial charge >= 0.3 is 12.1 Å². The maximum absolute atomic E-state index is 13.0. The quantitative estimate of drug-likeness (QED) is 0.681. The number of carbonyl (C=O) groups excluding carboxylic acids is 2. The van der Waals surface area contributed by atoms with Crippen molar-refractivity contribution in [1.82, 2.24) is 14.8 Å². The number of carbonyl (C=O) groups is 3. The number of aliphatic carboxylic acids is 1. The standard InChI is InChI=1S/C23H27N3O3.C2HF3O2/c1-16-7-3-4-9-18(16)22(27)26-14-12-20-19(26)10-11-21(29-20)23(28)25(2)15-17-8-5-6-13-24-17;3-2(4,5)1(6)7/h3-9,13,19-21H,10-12,14-15H2,1-2H3;(H,6,7)/t19-,20-,21+;/m1./s1. The predicted molar refractivity (Wildman–Crippen MR) is 123 cm³/mol. The molecule has 2 aliphatic rings. The molecule has 8 nitrogen and oxygen atoms in total. The molecular weight excluding hydrogens is 479 g/mol. The van der Waals surface area contributed by atoms with Crippen LogP contribution in [-0.4, -0.2) is 75.7 Å². The number of benzene rings is 1. The third-order valence-electron chi connectivity index (χ3n) is 6.20. The zero-order chi connectivity index (χ0) is 26.5. The first-order valence-corrected chi connectivity index (χ1v) is 11.5. The number of halogens is 3. The molecular formula is C25H28F3N3O5. The Morgan fingerprint density at radius 2 is 1.78 bits per heavy atom. The lowest BCUT2D eigenvalue weighted by Gasteiger charge is -2.36. The number of likely N-dealkylation sites (N-methyl/N-ethyl adjacent to an activating group) is 1. The first-order chi connectivity index (χ1) is 17.0. The fourth-order valence-electron chi connectivity index (χ4n) is 4.39. The highest BCUT2D eigenvalue weighted by Gasteiger charge is 2.44. The first-order valence-electron chi connectivity index (χ1n) is 11.5. The second kappa shape index (κ2) is 11.5. The third-order valence-corrected chi connectivity index (χ3v) is 6.20. The van der Waals surface area contributed by atoms with Gasteiger partial charge in [0.15, 0.2) is 0 Å². The van der Waals surface area contributed by atoms with E-state index in [9.17, 15) is 22.8 Å². The summed E-state index contributed by atoms with van der Waals surface area (Å²) in [6.07, 6.45) is -1.68. The van der Waals surface area contributed by atoms with E-state index in [2.05, 4.69) is 4.98 Å². The van der Waals surface area contributed by atoms with E-state index in [4.69, 9.17) is 14.6 Å². The number of carboxylic acids is 1. The molecule has 194 valence electrons. The van der Waals surface area contributed by atoms with Crippen LogP contribution in [0.3, 0.4) is 0 Å². The Labute approximate surface area is 206 Å². The Bertz CT molecular complexity index is 1080. The third kappa shape index (κ3) is 6.60. The number of pyridine rings is 1. The second-order valence-electron chi connectivity index (χ2n) is 8.73. The van der Waals surface area contributed by atoms with E-state index in [0.717, 1.165) is 29.7 Å². The molecule has 2 saturated heterocycles. The average Bonchev–Trinajstić information content (AvgIpc) is 3.27. The molecule has 2 amide bonds. The number of hydrogen-bond donors (Lipinski definition) is 1. The minimum absolute atomic E-state index is 0.0159. The van der Waals surface area contributed by atoms with E-state index in [1.165, 1.54) is 0 Å². The number of aromatic nitrogens is 1. The molecule has 2 aliphatic heterocycles. The lowest BCUT2D eigenvalue weighted by molar-refractivity contribution is -0.192. The molecule has 2 fully saturated rings. The van der Waals surface area contributed by atoms with Crippen LogP contribution in [0.2, 0.25) is 0 Å². The zero-order valence-electron chi connectivity index (χ0n) is 19.9. The van der Waals surface area contributed by atoms with E-state index in [1.54, 1.807) is 18.1 Å². The van der Waals surface area contributed by atoms with Gasteiger partial charge in [-0.25, -0.2) is 4.79 Å². The van der Waals surface area contributed by atoms with Gasteiger partial charge in [0, 0.05) is 25.4 Å². The SMILES string of the molecule is Cc1ccccc1C(=O)N1CC[C@H]2O[C@H](C(=O)N(C)Cc3ccccn3)CC[C@H]21.O=C(O)C(F)(F)F. The van der Waals surface area contributed by atoms with Crippen LogP contribution in [0.4, 0.5) is 13.2 Å². The van der Waals surface area contributed by atoms with Crippen molar-refractivity contribution < 1.29 is 37.4 Å². The fourth-order valence-corrected chi connectivity index (χ4v) is 4.39. The summed E-state index contributed by atoms with van der Waals surface area (Å²) in [7, 11) is 1.79. The van der Waals surface area contributed by atoms with Crippen molar-refractivity contribution in [3.8, 4) is 0 Å². The van der Waals surface area contributed by atoms with Gasteiger partial charge in [-0.3, -0.25) is 14.6 Å². The number of amides is 2. The molecule has 1 aromatic heterocycles. The van der Waals surface area contributed by atoms with Gasteiger partial charge in [-0.2, -0.15) is 13.2 Å². The van der Waals surface area contributed by atoms with Crippen LogP contribution in [0.1, 0.15) is 40.9 Å². The Kier molecular flexibility index (Phi) is 8.67. The summed E-state index contributed by atoms with van der Waals surface area (Å²) in [5.74, 6) is -2.71. The number of alkyl halides is 3. The van der Waals surface area contributed by atoms with Crippen LogP contribution in [0, 0.1) is 6.92 Å². The van der Waals surface area contributed by atoms with Gasteiger partial charge in [0.2, 0.25) is 0 Å². The van der Waals surface area contributed by atoms with Crippen LogP contribution >= 0.6 is 0 Å². The molecule has 0 saturated carbocycles. The number of fused-ring (bicyclic) bond motifs is 1. The molecule has 0 bridgehead atoms. The largest absolute Gasteiger partial charge is 0.490 e. The van der Waals surface area contributed by atoms with Gasteiger partial charge in [-0.05, 0) is 49.9 Å². The molecule has 1 aromatic carbocycles. The summed E-state index contributed by atoms with van der Waals surface area (Å²) in [5.41, 5.74) is 2.59. The van der Waals surface area contributed by atoms with Crippen molar-refractivity contribution in [2.24, 2.45) is 0 Å². The van der Waals surface area contributed by atoms with Gasteiger partial charge in [0.05, 0.1) is 24.4 Å². The number of rotatable bonds is 4. The summed E-state index contributed by atoms with van der Waals surface area (Å²) in [6, 6.07) is 13.4. The number of aryl methyl sites for hydroxylation is 1. The molecule has 36 heavy (non-hydrogen) atoms. The van der Waals surface area contributed by atoms with Gasteiger partial charge in [0.25, 0.3) is 11.8 Å². The van der Waals surface area contributed by atoms with Crippen molar-refractivity contribution in [2.45, 2.75) is 57.2 Å². The smallest absolute Gasteiger partial charge is 0.475 e. The minimum atomic E-state index is -5.08. The van der Waals surface area contributed by atoms with Crippen molar-refractivity contribution >= 4 is 17.8 Å². The normalized spacial score (nSPS) is 21.1. The molecule has 1 N–H and O–H groups in total. The molecule has 0 aliphatic carbocycles. The first kappa shape index (κ1) is 27.1. The number of hydrogen-bond acceptors (Lipinski definition) is 5. The molecule has 3 atom stereocenters. The average molecular weight is 508 g/mol. The van der Waals surface area contributed by atoms with Crippen LogP contribution in [0.5, 0.6) is 0 Å². The molecule has 3 heterocycles. The topological polar surface area (TPSA) is 100 Å². The van der Waals surface area contributed by atoms with Crippen molar-refractivity contribution in [2.75, 3.05) is 13.6 Å². The summed E-state index contributed by atoms with van der Waals surface area (Å²) in [6.45, 7) is 3.10. The van der Waals surface area contributed by atoms with E-state index in [0.29, 0.717) is 19.5 Å². The van der Waals surface area contributed by atoms with Gasteiger partial charge in [-0.15, -0.1) is 0 Å². The number of ether oxygens (including phenoxy) is 1. The lowest BCUT2D eigenvalue weighted by atomic mass is 9.97. The Morgan fingerprint density at radius 1 is 1.11 bits per heavy atom. The van der Waals surface area contributed by atoms with Crippen LogP contribution in [0.15, 0.2) is 48.7 Å². The highest BCUT2D eigenvalue weighted by Crippen LogP contribution is 2.33. The molecule has 11 heteroatoms. The maximum atomic E-state index is 13.0. The van der Waals surface area contributed by atoms with Gasteiger partial charge in [-0.1, -0.05) is 24.3 Å². The van der Waals surface area contributed by atoms with Crippen LogP contribution in [-0.2, 0) is 20.9 Å². The van der Waals surface area contributed by atoms with Crippen molar-refractivity contribution in [3.63, 3.8) is 0 Å². The van der Waals surface area contributed by atoms with Crippen molar-refractivity contribution in [1.29, 1.82) is 0 Å². The second-order valence-corrected chi connectivity index (χ2v) is 8.73. The molecule has 2 aromatic rings. The molecule has 0 spiro atoms.